The minimum atomic E-state index is -0.200. The van der Waals surface area contributed by atoms with Crippen LogP contribution in [0.1, 0.15) is 33.4 Å². The van der Waals surface area contributed by atoms with E-state index < -0.39 is 0 Å². The fraction of sp³-hybridized carbons (Fsp3) is 0.286. The van der Waals surface area contributed by atoms with Gasteiger partial charge in [-0.2, -0.15) is 0 Å². The molecule has 0 aliphatic rings. The third-order valence-electron chi connectivity index (χ3n) is 2.96. The molecule has 0 amide bonds. The maximum Gasteiger partial charge on any atom is 0.128 e. The van der Waals surface area contributed by atoms with Crippen LogP contribution in [0.5, 0.6) is 0 Å². The van der Waals surface area contributed by atoms with Crippen LogP contribution in [0.25, 0.3) is 0 Å². The van der Waals surface area contributed by atoms with Crippen LogP contribution in [0.15, 0.2) is 34.9 Å². The van der Waals surface area contributed by atoms with Crippen LogP contribution in [0.3, 0.4) is 0 Å². The van der Waals surface area contributed by atoms with Crippen molar-refractivity contribution in [3.63, 3.8) is 0 Å². The second-order valence-electron chi connectivity index (χ2n) is 4.17. The third-order valence-corrected chi connectivity index (χ3v) is 3.41. The molecule has 84 valence electrons. The van der Waals surface area contributed by atoms with Crippen LogP contribution in [0.4, 0.5) is 0 Å². The summed E-state index contributed by atoms with van der Waals surface area (Å²) >= 11 is 6.41. The molecule has 1 atom stereocenters. The SMILES string of the molecule is Cc1ccc(C(Cl)c2occc2C)cc1C. The van der Waals surface area contributed by atoms with Gasteiger partial charge in [0.2, 0.25) is 0 Å². The molecule has 1 aromatic heterocycles. The lowest BCUT2D eigenvalue weighted by Crippen LogP contribution is -1.95. The second-order valence-corrected chi connectivity index (χ2v) is 4.61. The summed E-state index contributed by atoms with van der Waals surface area (Å²) in [5, 5.41) is -0.200. The van der Waals surface area contributed by atoms with Crippen molar-refractivity contribution in [3.8, 4) is 0 Å². The average Bonchev–Trinajstić information content (AvgIpc) is 2.67. The number of hydrogen-bond donors (Lipinski definition) is 0. The van der Waals surface area contributed by atoms with Crippen LogP contribution < -0.4 is 0 Å². The first-order valence-electron chi connectivity index (χ1n) is 5.35. The highest BCUT2D eigenvalue weighted by Crippen LogP contribution is 2.32. The second kappa shape index (κ2) is 4.34. The molecule has 0 aliphatic carbocycles. The van der Waals surface area contributed by atoms with Crippen molar-refractivity contribution in [1.29, 1.82) is 0 Å². The van der Waals surface area contributed by atoms with Gasteiger partial charge in [-0.05, 0) is 49.1 Å². The smallest absolute Gasteiger partial charge is 0.128 e. The van der Waals surface area contributed by atoms with Gasteiger partial charge in [-0.1, -0.05) is 18.2 Å². The summed E-state index contributed by atoms with van der Waals surface area (Å²) in [5.41, 5.74) is 4.72. The molecule has 1 nitrogen and oxygen atoms in total. The highest BCUT2D eigenvalue weighted by molar-refractivity contribution is 6.22. The standard InChI is InChI=1S/C14H15ClO/c1-9-4-5-12(8-11(9)3)13(15)14-10(2)6-7-16-14/h4-8,13H,1-3H3. The number of hydrogen-bond acceptors (Lipinski definition) is 1. The molecule has 1 unspecified atom stereocenters. The molecule has 0 aliphatic heterocycles. The molecule has 0 radical (unpaired) electrons. The molecule has 0 fully saturated rings. The minimum absolute atomic E-state index is 0.200. The van der Waals surface area contributed by atoms with Crippen molar-refractivity contribution in [1.82, 2.24) is 0 Å². The summed E-state index contributed by atoms with van der Waals surface area (Å²) in [6.45, 7) is 6.20. The van der Waals surface area contributed by atoms with Crippen LogP contribution in [-0.2, 0) is 0 Å². The Balaban J connectivity index is 2.38. The fourth-order valence-electron chi connectivity index (χ4n) is 1.72. The normalized spacial score (nSPS) is 12.8. The van der Waals surface area contributed by atoms with E-state index in [9.17, 15) is 0 Å². The largest absolute Gasteiger partial charge is 0.467 e. The number of rotatable bonds is 2. The highest BCUT2D eigenvalue weighted by Gasteiger charge is 2.16. The number of halogens is 1. The molecule has 2 aromatic rings. The van der Waals surface area contributed by atoms with E-state index in [-0.39, 0.29) is 5.38 Å². The van der Waals surface area contributed by atoms with E-state index in [1.54, 1.807) is 6.26 Å². The Morgan fingerprint density at radius 2 is 1.75 bits per heavy atom. The first-order chi connectivity index (χ1) is 7.59. The van der Waals surface area contributed by atoms with Gasteiger partial charge in [-0.15, -0.1) is 11.6 Å². The summed E-state index contributed by atoms with van der Waals surface area (Å²) in [6, 6.07) is 8.21. The highest BCUT2D eigenvalue weighted by atomic mass is 35.5. The molecule has 16 heavy (non-hydrogen) atoms. The summed E-state index contributed by atoms with van der Waals surface area (Å²) in [4.78, 5) is 0. The zero-order valence-corrected chi connectivity index (χ0v) is 10.5. The van der Waals surface area contributed by atoms with Gasteiger partial charge in [0.05, 0.1) is 6.26 Å². The molecule has 2 rings (SSSR count). The van der Waals surface area contributed by atoms with Gasteiger partial charge in [-0.25, -0.2) is 0 Å². The van der Waals surface area contributed by atoms with E-state index in [1.807, 2.05) is 13.0 Å². The predicted octanol–water partition coefficient (Wildman–Crippen LogP) is 4.53. The predicted molar refractivity (Wildman–Crippen MR) is 67.1 cm³/mol. The molecular weight excluding hydrogens is 220 g/mol. The summed E-state index contributed by atoms with van der Waals surface area (Å²) in [7, 11) is 0. The fourth-order valence-corrected chi connectivity index (χ4v) is 2.08. The lowest BCUT2D eigenvalue weighted by molar-refractivity contribution is 0.513. The first-order valence-corrected chi connectivity index (χ1v) is 5.78. The first kappa shape index (κ1) is 11.3. The lowest BCUT2D eigenvalue weighted by atomic mass is 10.0. The monoisotopic (exact) mass is 234 g/mol. The summed E-state index contributed by atoms with van der Waals surface area (Å²) in [6.07, 6.45) is 1.68. The quantitative estimate of drug-likeness (QED) is 0.696. The van der Waals surface area contributed by atoms with Crippen LogP contribution in [0, 0.1) is 20.8 Å². The van der Waals surface area contributed by atoms with Crippen molar-refractivity contribution in [2.45, 2.75) is 26.1 Å². The molecule has 1 aromatic carbocycles. The van der Waals surface area contributed by atoms with Crippen molar-refractivity contribution in [3.05, 3.63) is 58.5 Å². The molecule has 0 saturated heterocycles. The third kappa shape index (κ3) is 2.00. The van der Waals surface area contributed by atoms with Crippen LogP contribution in [0.2, 0.25) is 0 Å². The Hall–Kier alpha value is -1.21. The Kier molecular flexibility index (Phi) is 3.06. The number of alkyl halides is 1. The van der Waals surface area contributed by atoms with Gasteiger partial charge in [0, 0.05) is 0 Å². The van der Waals surface area contributed by atoms with Gasteiger partial charge in [0.25, 0.3) is 0 Å². The summed E-state index contributed by atoms with van der Waals surface area (Å²) in [5.74, 6) is 0.838. The van der Waals surface area contributed by atoms with Gasteiger partial charge >= 0.3 is 0 Å². The Bertz CT molecular complexity index is 499. The van der Waals surface area contributed by atoms with E-state index in [1.165, 1.54) is 11.1 Å². The van der Waals surface area contributed by atoms with Crippen LogP contribution >= 0.6 is 11.6 Å². The summed E-state index contributed by atoms with van der Waals surface area (Å²) < 4.78 is 5.42. The zero-order valence-electron chi connectivity index (χ0n) is 9.75. The Morgan fingerprint density at radius 3 is 2.31 bits per heavy atom. The van der Waals surface area contributed by atoms with Crippen molar-refractivity contribution in [2.24, 2.45) is 0 Å². The van der Waals surface area contributed by atoms with Crippen molar-refractivity contribution in [2.75, 3.05) is 0 Å². The van der Waals surface area contributed by atoms with Gasteiger partial charge < -0.3 is 4.42 Å². The van der Waals surface area contributed by atoms with Crippen molar-refractivity contribution >= 4 is 11.6 Å². The van der Waals surface area contributed by atoms with Gasteiger partial charge in [0.1, 0.15) is 11.1 Å². The Labute approximate surface area is 101 Å². The van der Waals surface area contributed by atoms with E-state index >= 15 is 0 Å². The number of benzene rings is 1. The van der Waals surface area contributed by atoms with Gasteiger partial charge in [0.15, 0.2) is 0 Å². The zero-order chi connectivity index (χ0) is 11.7. The molecule has 1 heterocycles. The number of furan rings is 1. The van der Waals surface area contributed by atoms with E-state index in [2.05, 4.69) is 32.0 Å². The van der Waals surface area contributed by atoms with E-state index in [0.717, 1.165) is 16.9 Å². The Morgan fingerprint density at radius 1 is 1.00 bits per heavy atom. The molecule has 0 saturated carbocycles. The van der Waals surface area contributed by atoms with Crippen LogP contribution in [-0.4, -0.2) is 0 Å². The maximum atomic E-state index is 6.41. The topological polar surface area (TPSA) is 13.1 Å². The van der Waals surface area contributed by atoms with Gasteiger partial charge in [-0.3, -0.25) is 0 Å². The molecular formula is C14H15ClO. The van der Waals surface area contributed by atoms with E-state index in [4.69, 9.17) is 16.0 Å². The maximum absolute atomic E-state index is 6.41. The molecule has 0 N–H and O–H groups in total. The average molecular weight is 235 g/mol. The van der Waals surface area contributed by atoms with Crippen molar-refractivity contribution < 1.29 is 4.42 Å². The molecule has 0 spiro atoms. The van der Waals surface area contributed by atoms with E-state index in [0.29, 0.717) is 0 Å². The number of aryl methyl sites for hydroxylation is 3. The lowest BCUT2D eigenvalue weighted by Gasteiger charge is -2.10. The minimum Gasteiger partial charge on any atom is -0.467 e. The molecule has 2 heteroatoms. The molecule has 0 bridgehead atoms.